The number of nitrogens with zero attached hydrogens (tertiary/aromatic N) is 3. The third kappa shape index (κ3) is 5.91. The minimum absolute atomic E-state index is 0.0210. The van der Waals surface area contributed by atoms with E-state index in [1.54, 1.807) is 26.3 Å². The van der Waals surface area contributed by atoms with Crippen molar-refractivity contribution in [3.8, 4) is 16.9 Å². The second-order valence-corrected chi connectivity index (χ2v) is 9.14. The molecule has 8 heteroatoms. The van der Waals surface area contributed by atoms with Crippen LogP contribution in [-0.2, 0) is 17.7 Å². The van der Waals surface area contributed by atoms with Gasteiger partial charge in [-0.2, -0.15) is 0 Å². The van der Waals surface area contributed by atoms with Crippen LogP contribution in [0.2, 0.25) is 0 Å². The summed E-state index contributed by atoms with van der Waals surface area (Å²) in [7, 11) is 3.64. The van der Waals surface area contributed by atoms with E-state index in [0.717, 1.165) is 50.4 Å². The monoisotopic (exact) mass is 514 g/mol. The summed E-state index contributed by atoms with van der Waals surface area (Å²) in [5, 5.41) is 3.32. The first-order chi connectivity index (χ1) is 18.2. The van der Waals surface area contributed by atoms with Crippen molar-refractivity contribution in [1.82, 2.24) is 9.97 Å². The van der Waals surface area contributed by atoms with E-state index in [4.69, 9.17) is 14.5 Å². The van der Waals surface area contributed by atoms with Crippen LogP contribution < -0.4 is 15.0 Å². The average Bonchev–Trinajstić information content (AvgIpc) is 2.89. The van der Waals surface area contributed by atoms with Crippen LogP contribution in [-0.4, -0.2) is 30.2 Å². The molecule has 0 aliphatic carbocycles. The molecule has 2 aromatic carbocycles. The molecule has 4 aromatic rings. The fraction of sp³-hybridized carbons (Fsp3) is 0.233. The molecular formula is C30H31FN4O3. The molecule has 0 aliphatic rings. The van der Waals surface area contributed by atoms with Gasteiger partial charge in [-0.25, -0.2) is 14.2 Å². The van der Waals surface area contributed by atoms with E-state index in [9.17, 15) is 9.18 Å². The second-order valence-electron chi connectivity index (χ2n) is 9.14. The van der Waals surface area contributed by atoms with Gasteiger partial charge in [-0.1, -0.05) is 25.6 Å². The zero-order valence-electron chi connectivity index (χ0n) is 22.3. The number of aromatic nitrogens is 2. The third-order valence-electron chi connectivity index (χ3n) is 6.18. The summed E-state index contributed by atoms with van der Waals surface area (Å²) in [5.41, 5.74) is 5.18. The standard InChI is InChI=1S/C30H31FN4O3/c1-7-26-24(23-14-28(25(31)12-19(23)4)34-30(36)38-18(2)3)13-21-16-32-29(15-27(21)33-26)35(5)17-20-8-10-22(37-6)11-9-20/h8-16H,2,7,17H2,1,3-6H3,(H,34,36). The zero-order valence-corrected chi connectivity index (χ0v) is 22.3. The Hall–Kier alpha value is -4.46. The van der Waals surface area contributed by atoms with Gasteiger partial charge in [0.25, 0.3) is 0 Å². The Morgan fingerprint density at radius 1 is 1.13 bits per heavy atom. The molecule has 0 atom stereocenters. The lowest BCUT2D eigenvalue weighted by molar-refractivity contribution is 0.192. The number of aryl methyl sites for hydroxylation is 2. The smallest absolute Gasteiger partial charge is 0.416 e. The van der Waals surface area contributed by atoms with Crippen molar-refractivity contribution in [2.45, 2.75) is 33.7 Å². The minimum Gasteiger partial charge on any atom is -0.497 e. The van der Waals surface area contributed by atoms with Crippen LogP contribution in [0.5, 0.6) is 5.75 Å². The Kier molecular flexibility index (Phi) is 7.90. The molecule has 0 saturated heterocycles. The van der Waals surface area contributed by atoms with Gasteiger partial charge in [0.15, 0.2) is 0 Å². The highest BCUT2D eigenvalue weighted by atomic mass is 19.1. The first-order valence-corrected chi connectivity index (χ1v) is 12.3. The SMILES string of the molecule is C=C(C)OC(=O)Nc1cc(-c2cc3cnc(N(C)Cc4ccc(OC)cc4)cc3nc2CC)c(C)cc1F. The number of carbonyl (C=O) groups excluding carboxylic acids is 1. The molecule has 38 heavy (non-hydrogen) atoms. The summed E-state index contributed by atoms with van der Waals surface area (Å²) in [6.07, 6.45) is 1.67. The van der Waals surface area contributed by atoms with E-state index in [2.05, 4.69) is 21.8 Å². The molecule has 0 radical (unpaired) electrons. The first-order valence-electron chi connectivity index (χ1n) is 12.3. The Labute approximate surface area is 221 Å². The van der Waals surface area contributed by atoms with Crippen LogP contribution in [0.4, 0.5) is 20.7 Å². The number of pyridine rings is 2. The molecule has 196 valence electrons. The van der Waals surface area contributed by atoms with E-state index in [1.165, 1.54) is 6.07 Å². The van der Waals surface area contributed by atoms with Crippen molar-refractivity contribution in [2.24, 2.45) is 0 Å². The van der Waals surface area contributed by atoms with Crippen LogP contribution >= 0.6 is 0 Å². The average molecular weight is 515 g/mol. The molecule has 0 spiro atoms. The number of hydrogen-bond donors (Lipinski definition) is 1. The summed E-state index contributed by atoms with van der Waals surface area (Å²) in [5.74, 6) is 1.28. The summed E-state index contributed by atoms with van der Waals surface area (Å²) < 4.78 is 24.8. The van der Waals surface area contributed by atoms with E-state index >= 15 is 0 Å². The number of ether oxygens (including phenoxy) is 2. The number of halogens is 1. The fourth-order valence-electron chi connectivity index (χ4n) is 4.25. The molecule has 7 nitrogen and oxygen atoms in total. The number of hydrogen-bond acceptors (Lipinski definition) is 6. The second kappa shape index (κ2) is 11.3. The number of anilines is 2. The number of benzene rings is 2. The number of amides is 1. The Morgan fingerprint density at radius 2 is 1.87 bits per heavy atom. The number of allylic oxidation sites excluding steroid dienone is 1. The van der Waals surface area contributed by atoms with Gasteiger partial charge in [0.05, 0.1) is 24.1 Å². The Morgan fingerprint density at radius 3 is 2.53 bits per heavy atom. The molecule has 0 aliphatic heterocycles. The largest absolute Gasteiger partial charge is 0.497 e. The van der Waals surface area contributed by atoms with Gasteiger partial charge in [0.1, 0.15) is 17.4 Å². The van der Waals surface area contributed by atoms with E-state index < -0.39 is 11.9 Å². The predicted molar refractivity (Wildman–Crippen MR) is 149 cm³/mol. The molecule has 2 aromatic heterocycles. The van der Waals surface area contributed by atoms with E-state index in [-0.39, 0.29) is 11.4 Å². The lowest BCUT2D eigenvalue weighted by Crippen LogP contribution is -2.17. The van der Waals surface area contributed by atoms with Gasteiger partial charge in [-0.3, -0.25) is 10.3 Å². The number of methoxy groups -OCH3 is 1. The van der Waals surface area contributed by atoms with Crippen LogP contribution in [0.1, 0.15) is 30.7 Å². The van der Waals surface area contributed by atoms with Crippen LogP contribution in [0, 0.1) is 12.7 Å². The Balaban J connectivity index is 1.67. The van der Waals surface area contributed by atoms with Crippen LogP contribution in [0.25, 0.3) is 22.0 Å². The van der Waals surface area contributed by atoms with E-state index in [1.807, 2.05) is 57.3 Å². The summed E-state index contributed by atoms with van der Waals surface area (Å²) in [4.78, 5) is 23.7. The maximum Gasteiger partial charge on any atom is 0.416 e. The first kappa shape index (κ1) is 26.6. The van der Waals surface area contributed by atoms with Crippen molar-refractivity contribution in [3.05, 3.63) is 89.7 Å². The normalized spacial score (nSPS) is 10.8. The van der Waals surface area contributed by atoms with Gasteiger partial charge in [-0.05, 0) is 67.3 Å². The van der Waals surface area contributed by atoms with Crippen LogP contribution in [0.15, 0.2) is 67.1 Å². The number of nitrogens with one attached hydrogen (secondary N) is 1. The topological polar surface area (TPSA) is 76.6 Å². The van der Waals surface area contributed by atoms with Crippen molar-refractivity contribution < 1.29 is 18.7 Å². The van der Waals surface area contributed by atoms with Crippen molar-refractivity contribution >= 4 is 28.5 Å². The van der Waals surface area contributed by atoms with Gasteiger partial charge < -0.3 is 14.4 Å². The highest BCUT2D eigenvalue weighted by Crippen LogP contribution is 2.33. The van der Waals surface area contributed by atoms with Gasteiger partial charge in [-0.15, -0.1) is 0 Å². The zero-order chi connectivity index (χ0) is 27.4. The molecule has 0 saturated carbocycles. The van der Waals surface area contributed by atoms with Gasteiger partial charge in [0, 0.05) is 42.5 Å². The molecule has 4 rings (SSSR count). The molecule has 0 bridgehead atoms. The minimum atomic E-state index is -0.797. The van der Waals surface area contributed by atoms with Crippen LogP contribution in [0.3, 0.4) is 0 Å². The van der Waals surface area contributed by atoms with E-state index in [0.29, 0.717) is 13.0 Å². The van der Waals surface area contributed by atoms with Crippen molar-refractivity contribution in [1.29, 1.82) is 0 Å². The highest BCUT2D eigenvalue weighted by Gasteiger charge is 2.17. The lowest BCUT2D eigenvalue weighted by atomic mass is 9.96. The maximum atomic E-state index is 14.7. The number of rotatable bonds is 8. The summed E-state index contributed by atoms with van der Waals surface area (Å²) in [6, 6.07) is 14.9. The predicted octanol–water partition coefficient (Wildman–Crippen LogP) is 7.03. The molecule has 2 heterocycles. The fourth-order valence-corrected chi connectivity index (χ4v) is 4.25. The summed E-state index contributed by atoms with van der Waals surface area (Å²) in [6.45, 7) is 9.61. The van der Waals surface area contributed by atoms with Gasteiger partial charge >= 0.3 is 6.09 Å². The molecule has 0 unspecified atom stereocenters. The van der Waals surface area contributed by atoms with Crippen molar-refractivity contribution in [2.75, 3.05) is 24.4 Å². The number of fused-ring (bicyclic) bond motifs is 1. The number of carbonyl (C=O) groups is 1. The Bertz CT molecular complexity index is 1500. The molecule has 1 amide bonds. The lowest BCUT2D eigenvalue weighted by Gasteiger charge is -2.19. The molecule has 0 fully saturated rings. The van der Waals surface area contributed by atoms with Gasteiger partial charge in [0.2, 0.25) is 0 Å². The summed E-state index contributed by atoms with van der Waals surface area (Å²) >= 11 is 0. The maximum absolute atomic E-state index is 14.7. The molecule has 1 N–H and O–H groups in total. The third-order valence-corrected chi connectivity index (χ3v) is 6.18. The quantitative estimate of drug-likeness (QED) is 0.254. The molecular weight excluding hydrogens is 483 g/mol. The highest BCUT2D eigenvalue weighted by molar-refractivity contribution is 5.90. The van der Waals surface area contributed by atoms with Crippen molar-refractivity contribution in [3.63, 3.8) is 0 Å².